The molecular formula is C26H32N6. The van der Waals surface area contributed by atoms with Gasteiger partial charge in [-0.05, 0) is 62.8 Å². The Balaban J connectivity index is 1.59. The lowest BCUT2D eigenvalue weighted by Gasteiger charge is -2.33. The maximum atomic E-state index is 4.94. The number of fused-ring (bicyclic) bond motifs is 2. The number of hydrogen-bond donors (Lipinski definition) is 1. The largest absolute Gasteiger partial charge is 0.365 e. The summed E-state index contributed by atoms with van der Waals surface area (Å²) in [4.78, 5) is 9.24. The minimum Gasteiger partial charge on any atom is -0.365 e. The molecule has 4 aromatic rings. The molecule has 0 aromatic carbocycles. The first-order chi connectivity index (χ1) is 15.2. The third kappa shape index (κ3) is 3.90. The molecule has 1 aliphatic heterocycles. The van der Waals surface area contributed by atoms with Crippen molar-refractivity contribution in [2.45, 2.75) is 66.0 Å². The first-order valence-corrected chi connectivity index (χ1v) is 11.5. The van der Waals surface area contributed by atoms with Gasteiger partial charge < -0.3 is 5.32 Å². The van der Waals surface area contributed by atoms with Crippen LogP contribution < -0.4 is 5.32 Å². The summed E-state index contributed by atoms with van der Waals surface area (Å²) < 4.78 is 4.32. The Morgan fingerprint density at radius 1 is 1.03 bits per heavy atom. The van der Waals surface area contributed by atoms with E-state index < -0.39 is 0 Å². The van der Waals surface area contributed by atoms with E-state index >= 15 is 0 Å². The normalized spacial score (nSPS) is 14.2. The number of nitrogens with zero attached hydrogens (tertiary/aromatic N) is 5. The highest BCUT2D eigenvalue weighted by atomic mass is 15.3. The highest BCUT2D eigenvalue weighted by molar-refractivity contribution is 5.82. The van der Waals surface area contributed by atoms with Gasteiger partial charge in [0.25, 0.3) is 0 Å². The zero-order valence-electron chi connectivity index (χ0n) is 19.7. The SMILES string of the molecule is CC(C)(C)CC(C)(C)Nc1cnc2ccc(-c3c(-c4ccccn4)nn4c3CCC4)cn12. The molecule has 0 bridgehead atoms. The lowest BCUT2D eigenvalue weighted by Crippen LogP contribution is -2.35. The number of imidazole rings is 1. The Bertz CT molecular complexity index is 1260. The molecule has 0 unspecified atom stereocenters. The molecule has 6 heteroatoms. The molecule has 6 nitrogen and oxygen atoms in total. The van der Waals surface area contributed by atoms with E-state index in [1.807, 2.05) is 30.6 Å². The Kier molecular flexibility index (Phi) is 4.84. The second-order valence-corrected chi connectivity index (χ2v) is 10.7. The van der Waals surface area contributed by atoms with Gasteiger partial charge in [-0.25, -0.2) is 4.98 Å². The highest BCUT2D eigenvalue weighted by Crippen LogP contribution is 2.37. The molecule has 0 saturated heterocycles. The van der Waals surface area contributed by atoms with Crippen LogP contribution in [0.15, 0.2) is 48.9 Å². The molecule has 5 heterocycles. The van der Waals surface area contributed by atoms with Gasteiger partial charge >= 0.3 is 0 Å². The molecule has 1 N–H and O–H groups in total. The monoisotopic (exact) mass is 428 g/mol. The summed E-state index contributed by atoms with van der Waals surface area (Å²) in [7, 11) is 0. The Morgan fingerprint density at radius 3 is 2.62 bits per heavy atom. The summed E-state index contributed by atoms with van der Waals surface area (Å²) in [6.07, 6.45) is 9.20. The molecule has 0 atom stereocenters. The molecular weight excluding hydrogens is 396 g/mol. The van der Waals surface area contributed by atoms with E-state index in [1.54, 1.807) is 0 Å². The first kappa shape index (κ1) is 20.7. The summed E-state index contributed by atoms with van der Waals surface area (Å²) in [6.45, 7) is 12.3. The van der Waals surface area contributed by atoms with Crippen LogP contribution in [0.4, 0.5) is 5.82 Å². The maximum absolute atomic E-state index is 4.94. The van der Waals surface area contributed by atoms with Crippen LogP contribution in [-0.2, 0) is 13.0 Å². The van der Waals surface area contributed by atoms with E-state index in [1.165, 1.54) is 11.3 Å². The number of anilines is 1. The first-order valence-electron chi connectivity index (χ1n) is 11.5. The van der Waals surface area contributed by atoms with Crippen LogP contribution in [0.3, 0.4) is 0 Å². The Morgan fingerprint density at radius 2 is 1.88 bits per heavy atom. The fourth-order valence-electron chi connectivity index (χ4n) is 5.26. The smallest absolute Gasteiger partial charge is 0.138 e. The van der Waals surface area contributed by atoms with Crippen LogP contribution in [0.1, 0.15) is 53.2 Å². The minimum atomic E-state index is -0.0533. The summed E-state index contributed by atoms with van der Waals surface area (Å²) >= 11 is 0. The van der Waals surface area contributed by atoms with E-state index in [0.29, 0.717) is 0 Å². The summed E-state index contributed by atoms with van der Waals surface area (Å²) in [6, 6.07) is 10.3. The predicted molar refractivity (Wildman–Crippen MR) is 130 cm³/mol. The van der Waals surface area contributed by atoms with Gasteiger partial charge in [0.15, 0.2) is 0 Å². The van der Waals surface area contributed by atoms with E-state index in [2.05, 4.69) is 77.3 Å². The van der Waals surface area contributed by atoms with Gasteiger partial charge in [0.1, 0.15) is 17.2 Å². The Hall–Kier alpha value is -3.15. The number of aromatic nitrogens is 5. The lowest BCUT2D eigenvalue weighted by atomic mass is 9.82. The van der Waals surface area contributed by atoms with Crippen LogP contribution in [-0.4, -0.2) is 29.7 Å². The van der Waals surface area contributed by atoms with Crippen molar-refractivity contribution in [1.29, 1.82) is 0 Å². The van der Waals surface area contributed by atoms with E-state index in [0.717, 1.165) is 54.2 Å². The fraction of sp³-hybridized carbons (Fsp3) is 0.423. The second kappa shape index (κ2) is 7.47. The summed E-state index contributed by atoms with van der Waals surface area (Å²) in [5.41, 5.74) is 6.63. The highest BCUT2D eigenvalue weighted by Gasteiger charge is 2.27. The molecule has 0 saturated carbocycles. The molecule has 4 aromatic heterocycles. The molecule has 0 spiro atoms. The quantitative estimate of drug-likeness (QED) is 0.434. The van der Waals surface area contributed by atoms with E-state index in [-0.39, 0.29) is 11.0 Å². The van der Waals surface area contributed by atoms with Crippen molar-refractivity contribution in [2.75, 3.05) is 5.32 Å². The van der Waals surface area contributed by atoms with Gasteiger partial charge in [-0.2, -0.15) is 5.10 Å². The number of aryl methyl sites for hydroxylation is 1. The molecule has 5 rings (SSSR count). The topological polar surface area (TPSA) is 60.0 Å². The van der Waals surface area contributed by atoms with Gasteiger partial charge in [-0.1, -0.05) is 26.8 Å². The molecule has 32 heavy (non-hydrogen) atoms. The number of hydrogen-bond acceptors (Lipinski definition) is 4. The maximum Gasteiger partial charge on any atom is 0.138 e. The number of nitrogens with one attached hydrogen (secondary N) is 1. The van der Waals surface area contributed by atoms with Crippen LogP contribution in [0.25, 0.3) is 28.2 Å². The Labute approximate surface area is 189 Å². The molecule has 166 valence electrons. The van der Waals surface area contributed by atoms with Crippen LogP contribution in [0, 0.1) is 5.41 Å². The van der Waals surface area contributed by atoms with E-state index in [4.69, 9.17) is 5.10 Å². The number of rotatable bonds is 5. The van der Waals surface area contributed by atoms with Gasteiger partial charge in [-0.15, -0.1) is 0 Å². The van der Waals surface area contributed by atoms with Crippen molar-refractivity contribution in [1.82, 2.24) is 24.1 Å². The number of pyridine rings is 2. The lowest BCUT2D eigenvalue weighted by molar-refractivity contribution is 0.302. The van der Waals surface area contributed by atoms with Gasteiger partial charge in [-0.3, -0.25) is 14.1 Å². The minimum absolute atomic E-state index is 0.0533. The third-order valence-electron chi connectivity index (χ3n) is 5.98. The van der Waals surface area contributed by atoms with Gasteiger partial charge in [0.2, 0.25) is 0 Å². The van der Waals surface area contributed by atoms with Crippen molar-refractivity contribution in [3.8, 4) is 22.5 Å². The zero-order chi connectivity index (χ0) is 22.5. The molecule has 1 aliphatic rings. The van der Waals surface area contributed by atoms with Crippen LogP contribution in [0.5, 0.6) is 0 Å². The molecule has 0 aliphatic carbocycles. The van der Waals surface area contributed by atoms with Crippen molar-refractivity contribution in [3.63, 3.8) is 0 Å². The third-order valence-corrected chi connectivity index (χ3v) is 5.98. The zero-order valence-corrected chi connectivity index (χ0v) is 19.7. The van der Waals surface area contributed by atoms with Crippen LogP contribution in [0.2, 0.25) is 0 Å². The van der Waals surface area contributed by atoms with Crippen molar-refractivity contribution in [2.24, 2.45) is 5.41 Å². The average molecular weight is 429 g/mol. The van der Waals surface area contributed by atoms with Gasteiger partial charge in [0.05, 0.1) is 11.9 Å². The summed E-state index contributed by atoms with van der Waals surface area (Å²) in [5.74, 6) is 1.01. The predicted octanol–water partition coefficient (Wildman–Crippen LogP) is 5.83. The van der Waals surface area contributed by atoms with Crippen molar-refractivity contribution < 1.29 is 0 Å². The molecule has 0 fully saturated rings. The molecule has 0 radical (unpaired) electrons. The van der Waals surface area contributed by atoms with Crippen LogP contribution >= 0.6 is 0 Å². The fourth-order valence-corrected chi connectivity index (χ4v) is 5.26. The van der Waals surface area contributed by atoms with Gasteiger partial charge in [0, 0.05) is 41.3 Å². The van der Waals surface area contributed by atoms with E-state index in [9.17, 15) is 0 Å². The standard InChI is InChI=1S/C26H32N6/c1-25(2,3)17-26(4,5)29-22-15-28-21-12-11-18(16-31(21)22)23-20-10-8-14-32(20)30-24(23)19-9-6-7-13-27-19/h6-7,9,11-13,15-16,29H,8,10,14,17H2,1-5H3. The molecule has 0 amide bonds. The second-order valence-electron chi connectivity index (χ2n) is 10.7. The average Bonchev–Trinajstić information content (AvgIpc) is 3.41. The van der Waals surface area contributed by atoms with Crippen molar-refractivity contribution in [3.05, 3.63) is 54.6 Å². The van der Waals surface area contributed by atoms with Crippen molar-refractivity contribution >= 4 is 11.5 Å². The summed E-state index contributed by atoms with van der Waals surface area (Å²) in [5, 5.41) is 8.68.